The minimum absolute atomic E-state index is 0.106. The molecule has 3 aromatic rings. The molecule has 0 unspecified atom stereocenters. The van der Waals surface area contributed by atoms with Crippen molar-refractivity contribution in [2.24, 2.45) is 0 Å². The maximum atomic E-state index is 12.9. The molecular weight excluding hydrogens is 435 g/mol. The van der Waals surface area contributed by atoms with Crippen molar-refractivity contribution in [2.45, 2.75) is 13.1 Å². The molecule has 1 aliphatic heterocycles. The van der Waals surface area contributed by atoms with Gasteiger partial charge in [0.05, 0.1) is 5.56 Å². The standard InChI is InChI=1S/C22H22F3N7O/c1-15-4-2-7-18(26-15)28-19-8-9-20(30-29-19)31-10-12-32(13-11-31)21(33)27-17-6-3-5-16(14-17)22(23,24)25/h2-9,14H,10-13H2,1H3,(H,27,33)(H,26,28,29). The van der Waals surface area contributed by atoms with Gasteiger partial charge in [0.2, 0.25) is 0 Å². The summed E-state index contributed by atoms with van der Waals surface area (Å²) in [5.41, 5.74) is 0.189. The third-order valence-corrected chi connectivity index (χ3v) is 5.13. The second-order valence-corrected chi connectivity index (χ2v) is 7.55. The van der Waals surface area contributed by atoms with Crippen LogP contribution in [0, 0.1) is 6.92 Å². The Labute approximate surface area is 188 Å². The maximum absolute atomic E-state index is 12.9. The van der Waals surface area contributed by atoms with E-state index in [4.69, 9.17) is 0 Å². The van der Waals surface area contributed by atoms with Crippen molar-refractivity contribution in [3.8, 4) is 0 Å². The van der Waals surface area contributed by atoms with Crippen LogP contribution in [0.2, 0.25) is 0 Å². The number of carbonyl (C=O) groups excluding carboxylic acids is 1. The average molecular weight is 457 g/mol. The van der Waals surface area contributed by atoms with Gasteiger partial charge in [-0.3, -0.25) is 0 Å². The first-order valence-electron chi connectivity index (χ1n) is 10.3. The zero-order valence-electron chi connectivity index (χ0n) is 17.8. The molecule has 1 fully saturated rings. The van der Waals surface area contributed by atoms with Crippen molar-refractivity contribution in [3.63, 3.8) is 0 Å². The van der Waals surface area contributed by atoms with Crippen LogP contribution in [0.1, 0.15) is 11.3 Å². The van der Waals surface area contributed by atoms with Crippen LogP contribution >= 0.6 is 0 Å². The molecule has 0 atom stereocenters. The number of nitrogens with zero attached hydrogens (tertiary/aromatic N) is 5. The molecule has 1 aromatic carbocycles. The van der Waals surface area contributed by atoms with E-state index in [-0.39, 0.29) is 5.69 Å². The first-order valence-corrected chi connectivity index (χ1v) is 10.3. The summed E-state index contributed by atoms with van der Waals surface area (Å²) < 4.78 is 38.6. The summed E-state index contributed by atoms with van der Waals surface area (Å²) in [4.78, 5) is 20.4. The van der Waals surface area contributed by atoms with Crippen molar-refractivity contribution in [1.29, 1.82) is 0 Å². The Morgan fingerprint density at radius 1 is 0.939 bits per heavy atom. The van der Waals surface area contributed by atoms with Gasteiger partial charge in [-0.15, -0.1) is 10.2 Å². The quantitative estimate of drug-likeness (QED) is 0.608. The van der Waals surface area contributed by atoms with Crippen LogP contribution in [-0.2, 0) is 6.18 Å². The molecule has 0 bridgehead atoms. The number of carbonyl (C=O) groups is 1. The smallest absolute Gasteiger partial charge is 0.352 e. The molecule has 2 aromatic heterocycles. The number of benzene rings is 1. The predicted octanol–water partition coefficient (Wildman–Crippen LogP) is 4.30. The Morgan fingerprint density at radius 2 is 1.70 bits per heavy atom. The summed E-state index contributed by atoms with van der Waals surface area (Å²) in [7, 11) is 0. The Kier molecular flexibility index (Phi) is 6.29. The molecule has 3 heterocycles. The molecule has 0 saturated carbocycles. The van der Waals surface area contributed by atoms with Gasteiger partial charge in [0.25, 0.3) is 0 Å². The van der Waals surface area contributed by atoms with Crippen molar-refractivity contribution in [1.82, 2.24) is 20.1 Å². The highest BCUT2D eigenvalue weighted by atomic mass is 19.4. The Morgan fingerprint density at radius 3 is 2.36 bits per heavy atom. The second kappa shape index (κ2) is 9.31. The average Bonchev–Trinajstić information content (AvgIpc) is 2.79. The number of pyridine rings is 1. The fraction of sp³-hybridized carbons (Fsp3) is 0.273. The molecule has 0 aliphatic carbocycles. The van der Waals surface area contributed by atoms with E-state index in [0.717, 1.165) is 17.8 Å². The summed E-state index contributed by atoms with van der Waals surface area (Å²) in [5.74, 6) is 1.92. The van der Waals surface area contributed by atoms with Gasteiger partial charge in [-0.1, -0.05) is 12.1 Å². The minimum atomic E-state index is -4.46. The molecule has 2 N–H and O–H groups in total. The van der Waals surface area contributed by atoms with Gasteiger partial charge in [-0.25, -0.2) is 9.78 Å². The van der Waals surface area contributed by atoms with Crippen molar-refractivity contribution in [2.75, 3.05) is 41.7 Å². The minimum Gasteiger partial charge on any atom is -0.352 e. The van der Waals surface area contributed by atoms with Gasteiger partial charge in [-0.2, -0.15) is 13.2 Å². The van der Waals surface area contributed by atoms with Crippen molar-refractivity contribution >= 4 is 29.2 Å². The fourth-order valence-electron chi connectivity index (χ4n) is 3.42. The zero-order valence-corrected chi connectivity index (χ0v) is 17.8. The van der Waals surface area contributed by atoms with Crippen LogP contribution in [0.25, 0.3) is 0 Å². The number of amides is 2. The lowest BCUT2D eigenvalue weighted by Gasteiger charge is -2.35. The highest BCUT2D eigenvalue weighted by Gasteiger charge is 2.30. The molecule has 4 rings (SSSR count). The third-order valence-electron chi connectivity index (χ3n) is 5.13. The van der Waals surface area contributed by atoms with Crippen molar-refractivity contribution in [3.05, 3.63) is 65.9 Å². The lowest BCUT2D eigenvalue weighted by molar-refractivity contribution is -0.137. The number of piperazine rings is 1. The molecule has 1 aliphatic rings. The van der Waals surface area contributed by atoms with Gasteiger partial charge in [0.1, 0.15) is 5.82 Å². The molecule has 11 heteroatoms. The van der Waals surface area contributed by atoms with Gasteiger partial charge < -0.3 is 20.4 Å². The molecule has 172 valence electrons. The van der Waals surface area contributed by atoms with Crippen LogP contribution in [0.3, 0.4) is 0 Å². The molecule has 0 spiro atoms. The first kappa shape index (κ1) is 22.3. The van der Waals surface area contributed by atoms with E-state index in [2.05, 4.69) is 25.8 Å². The van der Waals surface area contributed by atoms with Gasteiger partial charge >= 0.3 is 12.2 Å². The number of alkyl halides is 3. The van der Waals surface area contributed by atoms with E-state index in [1.807, 2.05) is 36.1 Å². The lowest BCUT2D eigenvalue weighted by atomic mass is 10.2. The molecular formula is C22H22F3N7O. The zero-order chi connectivity index (χ0) is 23.4. The van der Waals surface area contributed by atoms with Gasteiger partial charge in [-0.05, 0) is 49.4 Å². The Bertz CT molecular complexity index is 1110. The number of aryl methyl sites for hydroxylation is 1. The Hall–Kier alpha value is -3.89. The second-order valence-electron chi connectivity index (χ2n) is 7.55. The molecule has 1 saturated heterocycles. The van der Waals surface area contributed by atoms with Crippen LogP contribution in [0.4, 0.5) is 41.1 Å². The van der Waals surface area contributed by atoms with E-state index >= 15 is 0 Å². The number of hydrogen-bond acceptors (Lipinski definition) is 6. The third kappa shape index (κ3) is 5.68. The van der Waals surface area contributed by atoms with Crippen LogP contribution < -0.4 is 15.5 Å². The number of halogens is 3. The highest BCUT2D eigenvalue weighted by molar-refractivity contribution is 5.89. The number of hydrogen-bond donors (Lipinski definition) is 2. The van der Waals surface area contributed by atoms with Gasteiger partial charge in [0, 0.05) is 37.6 Å². The van der Waals surface area contributed by atoms with E-state index in [9.17, 15) is 18.0 Å². The molecule has 8 nitrogen and oxygen atoms in total. The van der Waals surface area contributed by atoms with Crippen molar-refractivity contribution < 1.29 is 18.0 Å². The monoisotopic (exact) mass is 457 g/mol. The fourth-order valence-corrected chi connectivity index (χ4v) is 3.42. The number of rotatable bonds is 4. The normalized spacial score (nSPS) is 14.2. The maximum Gasteiger partial charge on any atom is 0.416 e. The molecule has 2 amide bonds. The summed E-state index contributed by atoms with van der Waals surface area (Å²) in [6.07, 6.45) is -4.46. The Balaban J connectivity index is 1.31. The molecule has 0 radical (unpaired) electrons. The summed E-state index contributed by atoms with van der Waals surface area (Å²) in [6, 6.07) is 13.4. The van der Waals surface area contributed by atoms with E-state index in [1.54, 1.807) is 11.0 Å². The van der Waals surface area contributed by atoms with Crippen LogP contribution in [0.15, 0.2) is 54.6 Å². The first-order chi connectivity index (χ1) is 15.8. The van der Waals surface area contributed by atoms with E-state index < -0.39 is 17.8 Å². The number of urea groups is 1. The SMILES string of the molecule is Cc1cccc(Nc2ccc(N3CCN(C(=O)Nc4cccc(C(F)(F)F)c4)CC3)nn2)n1. The van der Waals surface area contributed by atoms with E-state index in [1.165, 1.54) is 12.1 Å². The van der Waals surface area contributed by atoms with Crippen LogP contribution in [0.5, 0.6) is 0 Å². The topological polar surface area (TPSA) is 86.3 Å². The number of anilines is 4. The number of nitrogens with one attached hydrogen (secondary N) is 2. The van der Waals surface area contributed by atoms with Crippen LogP contribution in [-0.4, -0.2) is 52.3 Å². The number of aromatic nitrogens is 3. The molecule has 33 heavy (non-hydrogen) atoms. The summed E-state index contributed by atoms with van der Waals surface area (Å²) in [5, 5.41) is 14.1. The predicted molar refractivity (Wildman–Crippen MR) is 119 cm³/mol. The van der Waals surface area contributed by atoms with E-state index in [0.29, 0.717) is 43.6 Å². The summed E-state index contributed by atoms with van der Waals surface area (Å²) in [6.45, 7) is 3.76. The largest absolute Gasteiger partial charge is 0.416 e. The lowest BCUT2D eigenvalue weighted by Crippen LogP contribution is -2.50. The summed E-state index contributed by atoms with van der Waals surface area (Å²) >= 11 is 0. The van der Waals surface area contributed by atoms with Gasteiger partial charge in [0.15, 0.2) is 11.6 Å². The highest BCUT2D eigenvalue weighted by Crippen LogP contribution is 2.30.